The van der Waals surface area contributed by atoms with Gasteiger partial charge in [-0.25, -0.2) is 0 Å². The summed E-state index contributed by atoms with van der Waals surface area (Å²) in [4.78, 5) is 24.5. The second kappa shape index (κ2) is 7.82. The highest BCUT2D eigenvalue weighted by Crippen LogP contribution is 2.30. The highest BCUT2D eigenvalue weighted by molar-refractivity contribution is 7.99. The Hall–Kier alpha value is -1.05. The molecule has 1 aliphatic heterocycles. The predicted octanol–water partition coefficient (Wildman–Crippen LogP) is 1.98. The fourth-order valence-electron chi connectivity index (χ4n) is 2.19. The van der Waals surface area contributed by atoms with Crippen molar-refractivity contribution in [2.24, 2.45) is 5.41 Å². The average molecular weight is 329 g/mol. The van der Waals surface area contributed by atoms with Crippen LogP contribution in [0.25, 0.3) is 0 Å². The first-order valence-electron chi connectivity index (χ1n) is 6.80. The van der Waals surface area contributed by atoms with E-state index >= 15 is 0 Å². The number of carboxylic acid groups (broad SMARTS) is 1. The second-order valence-corrected chi connectivity index (χ2v) is 7.06. The number of carbonyl (C=O) groups excluding carboxylic acids is 1. The molecule has 1 aromatic heterocycles. The largest absolute Gasteiger partial charge is 0.481 e. The van der Waals surface area contributed by atoms with Gasteiger partial charge in [-0.2, -0.15) is 0 Å². The maximum atomic E-state index is 11.8. The number of hydrogen-bond acceptors (Lipinski definition) is 5. The summed E-state index contributed by atoms with van der Waals surface area (Å²) < 4.78 is 5.21. The summed E-state index contributed by atoms with van der Waals surface area (Å²) in [5, 5.41) is 14.2. The van der Waals surface area contributed by atoms with Gasteiger partial charge < -0.3 is 15.2 Å². The third kappa shape index (κ3) is 4.72. The summed E-state index contributed by atoms with van der Waals surface area (Å²) in [5.74, 6) is 0.202. The maximum absolute atomic E-state index is 11.8. The summed E-state index contributed by atoms with van der Waals surface area (Å²) in [6.45, 7) is 1.06. The minimum atomic E-state index is -0.869. The van der Waals surface area contributed by atoms with Gasteiger partial charge in [-0.1, -0.05) is 6.07 Å². The smallest absolute Gasteiger partial charge is 0.311 e. The van der Waals surface area contributed by atoms with E-state index in [9.17, 15) is 14.7 Å². The number of carboxylic acids is 1. The number of thiophene rings is 1. The zero-order valence-electron chi connectivity index (χ0n) is 11.7. The van der Waals surface area contributed by atoms with Gasteiger partial charge in [0, 0.05) is 30.4 Å². The van der Waals surface area contributed by atoms with Crippen LogP contribution in [-0.2, 0) is 20.1 Å². The van der Waals surface area contributed by atoms with Crippen LogP contribution in [0.1, 0.15) is 17.7 Å². The van der Waals surface area contributed by atoms with E-state index < -0.39 is 11.4 Å². The van der Waals surface area contributed by atoms with Gasteiger partial charge in [0.25, 0.3) is 0 Å². The molecule has 0 bridgehead atoms. The van der Waals surface area contributed by atoms with E-state index in [-0.39, 0.29) is 12.5 Å². The number of rotatable bonds is 7. The molecule has 0 aliphatic carbocycles. The van der Waals surface area contributed by atoms with Crippen molar-refractivity contribution in [1.82, 2.24) is 5.32 Å². The quantitative estimate of drug-likeness (QED) is 0.800. The van der Waals surface area contributed by atoms with Gasteiger partial charge in [0.05, 0.1) is 11.2 Å². The third-order valence-electron chi connectivity index (χ3n) is 3.59. The Morgan fingerprint density at radius 3 is 2.81 bits per heavy atom. The molecular formula is C14H19NO4S2. The van der Waals surface area contributed by atoms with Gasteiger partial charge in [-0.15, -0.1) is 23.1 Å². The number of thioether (sulfide) groups is 1. The van der Waals surface area contributed by atoms with Crippen molar-refractivity contribution < 1.29 is 19.4 Å². The van der Waals surface area contributed by atoms with Gasteiger partial charge in [0.15, 0.2) is 0 Å². The molecule has 0 spiro atoms. The summed E-state index contributed by atoms with van der Waals surface area (Å²) in [7, 11) is 0. The van der Waals surface area contributed by atoms with Gasteiger partial charge in [-0.05, 0) is 24.3 Å². The van der Waals surface area contributed by atoms with Crippen LogP contribution in [0.2, 0.25) is 0 Å². The number of carbonyl (C=O) groups is 2. The van der Waals surface area contributed by atoms with E-state index in [1.54, 1.807) is 11.3 Å². The zero-order chi connectivity index (χ0) is 15.1. The lowest BCUT2D eigenvalue weighted by molar-refractivity contribution is -0.154. The fraction of sp³-hybridized carbons (Fsp3) is 0.571. The first kappa shape index (κ1) is 16.3. The molecule has 5 nitrogen and oxygen atoms in total. The van der Waals surface area contributed by atoms with Crippen molar-refractivity contribution in [2.45, 2.75) is 18.6 Å². The number of ether oxygens (including phenoxy) is 1. The van der Waals surface area contributed by atoms with Crippen LogP contribution in [0.5, 0.6) is 0 Å². The van der Waals surface area contributed by atoms with Crippen molar-refractivity contribution in [3.8, 4) is 0 Å². The topological polar surface area (TPSA) is 75.6 Å². The zero-order valence-corrected chi connectivity index (χ0v) is 13.3. The standard InChI is InChI=1S/C14H19NO4S2/c16-12(9-20-8-11-2-1-7-21-11)15-10-14(13(17)18)3-5-19-6-4-14/h1-2,7H,3-6,8-10H2,(H,15,16)(H,17,18). The van der Waals surface area contributed by atoms with Gasteiger partial charge in [0.2, 0.25) is 5.91 Å². The highest BCUT2D eigenvalue weighted by Gasteiger charge is 2.40. The van der Waals surface area contributed by atoms with E-state index in [2.05, 4.69) is 5.32 Å². The lowest BCUT2D eigenvalue weighted by atomic mass is 9.80. The number of nitrogens with one attached hydrogen (secondary N) is 1. The molecule has 0 radical (unpaired) electrons. The van der Waals surface area contributed by atoms with Crippen LogP contribution in [0.15, 0.2) is 17.5 Å². The maximum Gasteiger partial charge on any atom is 0.311 e. The molecule has 0 aromatic carbocycles. The molecule has 1 saturated heterocycles. The molecule has 2 rings (SSSR count). The average Bonchev–Trinajstić information content (AvgIpc) is 2.99. The minimum absolute atomic E-state index is 0.108. The summed E-state index contributed by atoms with van der Waals surface area (Å²) in [5.41, 5.74) is -0.869. The minimum Gasteiger partial charge on any atom is -0.481 e. The number of hydrogen-bond donors (Lipinski definition) is 2. The lowest BCUT2D eigenvalue weighted by Gasteiger charge is -2.33. The summed E-state index contributed by atoms with van der Waals surface area (Å²) in [6, 6.07) is 4.03. The highest BCUT2D eigenvalue weighted by atomic mass is 32.2. The molecule has 0 saturated carbocycles. The SMILES string of the molecule is O=C(CSCc1cccs1)NCC1(C(=O)O)CCOCC1. The van der Waals surface area contributed by atoms with Crippen LogP contribution in [0.4, 0.5) is 0 Å². The summed E-state index contributed by atoms with van der Waals surface area (Å²) in [6.07, 6.45) is 0.899. The van der Waals surface area contributed by atoms with Crippen LogP contribution in [0.3, 0.4) is 0 Å². The van der Waals surface area contributed by atoms with E-state index in [4.69, 9.17) is 4.74 Å². The van der Waals surface area contributed by atoms with Crippen LogP contribution >= 0.6 is 23.1 Å². The molecule has 0 atom stereocenters. The molecule has 1 fully saturated rings. The van der Waals surface area contributed by atoms with E-state index in [0.29, 0.717) is 31.8 Å². The Morgan fingerprint density at radius 1 is 1.43 bits per heavy atom. The second-order valence-electron chi connectivity index (χ2n) is 5.05. The van der Waals surface area contributed by atoms with Crippen LogP contribution in [0, 0.1) is 5.41 Å². The van der Waals surface area contributed by atoms with E-state index in [1.807, 2.05) is 17.5 Å². The Kier molecular flexibility index (Phi) is 6.08. The van der Waals surface area contributed by atoms with Crippen molar-refractivity contribution in [3.63, 3.8) is 0 Å². The van der Waals surface area contributed by atoms with Gasteiger partial charge in [0.1, 0.15) is 0 Å². The van der Waals surface area contributed by atoms with E-state index in [1.165, 1.54) is 16.6 Å². The Balaban J connectivity index is 1.72. The molecule has 1 aromatic rings. The first-order valence-corrected chi connectivity index (χ1v) is 8.84. The predicted molar refractivity (Wildman–Crippen MR) is 83.6 cm³/mol. The molecule has 2 heterocycles. The van der Waals surface area contributed by atoms with Crippen LogP contribution in [-0.4, -0.2) is 42.5 Å². The van der Waals surface area contributed by atoms with Crippen molar-refractivity contribution >= 4 is 35.0 Å². The molecule has 116 valence electrons. The normalized spacial score (nSPS) is 17.3. The molecule has 7 heteroatoms. The Bertz CT molecular complexity index is 469. The van der Waals surface area contributed by atoms with Gasteiger partial charge >= 0.3 is 5.97 Å². The fourth-order valence-corrected chi connectivity index (χ4v) is 3.88. The molecule has 1 aliphatic rings. The van der Waals surface area contributed by atoms with E-state index in [0.717, 1.165) is 5.75 Å². The number of amides is 1. The molecule has 1 amide bonds. The number of aliphatic carboxylic acids is 1. The Labute approximate surface area is 132 Å². The van der Waals surface area contributed by atoms with Crippen molar-refractivity contribution in [3.05, 3.63) is 22.4 Å². The third-order valence-corrected chi connectivity index (χ3v) is 5.63. The molecule has 0 unspecified atom stereocenters. The van der Waals surface area contributed by atoms with Crippen molar-refractivity contribution in [2.75, 3.05) is 25.5 Å². The lowest BCUT2D eigenvalue weighted by Crippen LogP contribution is -2.46. The molecule has 21 heavy (non-hydrogen) atoms. The first-order chi connectivity index (χ1) is 10.1. The van der Waals surface area contributed by atoms with Crippen molar-refractivity contribution in [1.29, 1.82) is 0 Å². The van der Waals surface area contributed by atoms with Gasteiger partial charge in [-0.3, -0.25) is 9.59 Å². The van der Waals surface area contributed by atoms with Crippen LogP contribution < -0.4 is 5.32 Å². The molecular weight excluding hydrogens is 310 g/mol. The summed E-state index contributed by atoms with van der Waals surface area (Å²) >= 11 is 3.21. The molecule has 2 N–H and O–H groups in total. The monoisotopic (exact) mass is 329 g/mol. The Morgan fingerprint density at radius 2 is 2.19 bits per heavy atom.